The molecule has 120 valence electrons. The fraction of sp³-hybridized carbons (Fsp3) is 0.909. The summed E-state index contributed by atoms with van der Waals surface area (Å²) < 4.78 is 31.7. The van der Waals surface area contributed by atoms with Gasteiger partial charge in [0.05, 0.1) is 13.5 Å². The number of carbonyl (C=O) groups is 1. The van der Waals surface area contributed by atoms with Gasteiger partial charge in [-0.05, 0) is 25.9 Å². The van der Waals surface area contributed by atoms with Crippen molar-refractivity contribution in [2.24, 2.45) is 0 Å². The highest BCUT2D eigenvalue weighted by molar-refractivity contribution is 7.86. The summed E-state index contributed by atoms with van der Waals surface area (Å²) in [6.45, 7) is 1.79. The molecule has 1 N–H and O–H groups in total. The Morgan fingerprint density at radius 3 is 2.35 bits per heavy atom. The Kier molecular flexibility index (Phi) is 8.60. The molecule has 1 aliphatic rings. The largest absolute Gasteiger partial charge is 0.469 e. The van der Waals surface area contributed by atoms with Gasteiger partial charge >= 0.3 is 5.97 Å². The molecule has 0 aromatic carbocycles. The number of ether oxygens (including phenoxy) is 1. The number of piperidine rings is 1. The minimum atomic E-state index is -3.51. The summed E-state index contributed by atoms with van der Waals surface area (Å²) in [6, 6.07) is 0.0202. The van der Waals surface area contributed by atoms with Crippen molar-refractivity contribution in [3.05, 3.63) is 0 Å². The van der Waals surface area contributed by atoms with Gasteiger partial charge in [0.2, 0.25) is 0 Å². The highest BCUT2D eigenvalue weighted by atomic mass is 35.5. The van der Waals surface area contributed by atoms with E-state index in [4.69, 9.17) is 0 Å². The van der Waals surface area contributed by atoms with Crippen LogP contribution in [0.5, 0.6) is 0 Å². The normalized spacial score (nSPS) is 17.1. The van der Waals surface area contributed by atoms with Crippen LogP contribution in [-0.4, -0.2) is 69.9 Å². The summed E-state index contributed by atoms with van der Waals surface area (Å²) in [4.78, 5) is 11.0. The van der Waals surface area contributed by atoms with Gasteiger partial charge in [0, 0.05) is 26.7 Å². The number of carbonyl (C=O) groups excluding carboxylic acids is 1. The maximum atomic E-state index is 12.3. The molecular weight excluding hydrogens is 306 g/mol. The summed E-state index contributed by atoms with van der Waals surface area (Å²) in [7, 11) is 0.857. The quantitative estimate of drug-likeness (QED) is 0.685. The first-order chi connectivity index (χ1) is 8.89. The molecule has 0 saturated carbocycles. The molecule has 0 aromatic rings. The number of esters is 1. The predicted octanol–water partition coefficient (Wildman–Crippen LogP) is -0.168. The standard InChI is InChI=1S/C11H23N3O4S.ClH/c1-13(9-6-11(15)18-3)19(16,17)14(2)10-4-7-12-8-5-10;/h10,12H,4-9H2,1-3H3;1H. The van der Waals surface area contributed by atoms with E-state index < -0.39 is 16.2 Å². The molecule has 20 heavy (non-hydrogen) atoms. The van der Waals surface area contributed by atoms with Crippen LogP contribution >= 0.6 is 12.4 Å². The van der Waals surface area contributed by atoms with Crippen LogP contribution in [0.25, 0.3) is 0 Å². The van der Waals surface area contributed by atoms with Crippen LogP contribution in [0.1, 0.15) is 19.3 Å². The Morgan fingerprint density at radius 1 is 1.30 bits per heavy atom. The molecule has 1 fully saturated rings. The first-order valence-electron chi connectivity index (χ1n) is 6.36. The van der Waals surface area contributed by atoms with Crippen LogP contribution in [-0.2, 0) is 19.7 Å². The third-order valence-corrected chi connectivity index (χ3v) is 5.44. The van der Waals surface area contributed by atoms with Gasteiger partial charge in [0.15, 0.2) is 0 Å². The first-order valence-corrected chi connectivity index (χ1v) is 7.76. The molecule has 0 aromatic heterocycles. The van der Waals surface area contributed by atoms with E-state index in [-0.39, 0.29) is 31.4 Å². The summed E-state index contributed by atoms with van der Waals surface area (Å²) in [5.41, 5.74) is 0. The maximum Gasteiger partial charge on any atom is 0.306 e. The molecule has 0 amide bonds. The van der Waals surface area contributed by atoms with Crippen molar-refractivity contribution in [2.75, 3.05) is 40.8 Å². The fourth-order valence-corrected chi connectivity index (χ4v) is 3.39. The minimum absolute atomic E-state index is 0. The average molecular weight is 330 g/mol. The molecule has 0 spiro atoms. The van der Waals surface area contributed by atoms with Crippen LogP contribution in [0.4, 0.5) is 0 Å². The van der Waals surface area contributed by atoms with Crippen molar-refractivity contribution in [2.45, 2.75) is 25.3 Å². The maximum absolute atomic E-state index is 12.3. The molecule has 0 aliphatic carbocycles. The lowest BCUT2D eigenvalue weighted by Gasteiger charge is -2.33. The van der Waals surface area contributed by atoms with Gasteiger partial charge in [-0.1, -0.05) is 0 Å². The zero-order chi connectivity index (χ0) is 14.5. The van der Waals surface area contributed by atoms with Gasteiger partial charge in [-0.3, -0.25) is 4.79 Å². The molecule has 0 atom stereocenters. The lowest BCUT2D eigenvalue weighted by Crippen LogP contribution is -2.49. The number of hydrogen-bond acceptors (Lipinski definition) is 5. The average Bonchev–Trinajstić information content (AvgIpc) is 2.44. The smallest absolute Gasteiger partial charge is 0.306 e. The molecule has 7 nitrogen and oxygen atoms in total. The number of methoxy groups -OCH3 is 1. The Bertz CT molecular complexity index is 398. The highest BCUT2D eigenvalue weighted by Crippen LogP contribution is 2.16. The zero-order valence-electron chi connectivity index (χ0n) is 12.2. The summed E-state index contributed by atoms with van der Waals surface area (Å²) in [6.07, 6.45) is 1.67. The van der Waals surface area contributed by atoms with E-state index in [9.17, 15) is 13.2 Å². The van der Waals surface area contributed by atoms with Crippen molar-refractivity contribution in [1.82, 2.24) is 13.9 Å². The second kappa shape index (κ2) is 8.78. The van der Waals surface area contributed by atoms with Crippen molar-refractivity contribution < 1.29 is 17.9 Å². The van der Waals surface area contributed by atoms with Crippen LogP contribution in [0.15, 0.2) is 0 Å². The minimum Gasteiger partial charge on any atom is -0.469 e. The molecule has 1 saturated heterocycles. The Hall–Kier alpha value is -0.410. The van der Waals surface area contributed by atoms with Gasteiger partial charge in [0.1, 0.15) is 0 Å². The Morgan fingerprint density at radius 2 is 1.85 bits per heavy atom. The molecule has 0 unspecified atom stereocenters. The van der Waals surface area contributed by atoms with E-state index in [2.05, 4.69) is 10.1 Å². The third kappa shape index (κ3) is 5.17. The Balaban J connectivity index is 0.00000361. The molecular formula is C11H24ClN3O4S. The molecule has 0 bridgehead atoms. The van der Waals surface area contributed by atoms with Crippen LogP contribution < -0.4 is 5.32 Å². The summed E-state index contributed by atoms with van der Waals surface area (Å²) >= 11 is 0. The van der Waals surface area contributed by atoms with E-state index in [0.717, 1.165) is 25.9 Å². The van der Waals surface area contributed by atoms with Crippen molar-refractivity contribution in [1.29, 1.82) is 0 Å². The van der Waals surface area contributed by atoms with E-state index in [1.165, 1.54) is 22.8 Å². The van der Waals surface area contributed by atoms with Crippen LogP contribution in [0, 0.1) is 0 Å². The summed E-state index contributed by atoms with van der Waals surface area (Å²) in [5, 5.41) is 3.20. The van der Waals surface area contributed by atoms with Crippen LogP contribution in [0.3, 0.4) is 0 Å². The van der Waals surface area contributed by atoms with Crippen molar-refractivity contribution in [3.63, 3.8) is 0 Å². The van der Waals surface area contributed by atoms with Crippen molar-refractivity contribution >= 4 is 28.6 Å². The third-order valence-electron chi connectivity index (χ3n) is 3.44. The number of nitrogens with one attached hydrogen (secondary N) is 1. The Labute approximate surface area is 127 Å². The molecule has 0 radical (unpaired) electrons. The summed E-state index contributed by atoms with van der Waals surface area (Å²) in [5.74, 6) is -0.411. The van der Waals surface area contributed by atoms with E-state index >= 15 is 0 Å². The predicted molar refractivity (Wildman–Crippen MR) is 79.1 cm³/mol. The van der Waals surface area contributed by atoms with Gasteiger partial charge in [-0.15, -0.1) is 12.4 Å². The fourth-order valence-electron chi connectivity index (χ4n) is 2.04. The lowest BCUT2D eigenvalue weighted by molar-refractivity contribution is -0.140. The number of nitrogens with zero attached hydrogens (tertiary/aromatic N) is 2. The van der Waals surface area contributed by atoms with Gasteiger partial charge in [-0.25, -0.2) is 0 Å². The first kappa shape index (κ1) is 19.6. The second-order valence-electron chi connectivity index (χ2n) is 4.65. The van der Waals surface area contributed by atoms with Gasteiger partial charge in [-0.2, -0.15) is 17.0 Å². The van der Waals surface area contributed by atoms with Crippen molar-refractivity contribution in [3.8, 4) is 0 Å². The number of rotatable bonds is 6. The van der Waals surface area contributed by atoms with E-state index in [0.29, 0.717) is 0 Å². The number of hydrogen-bond donors (Lipinski definition) is 1. The zero-order valence-corrected chi connectivity index (χ0v) is 13.8. The van der Waals surface area contributed by atoms with Gasteiger partial charge in [0.25, 0.3) is 10.2 Å². The van der Waals surface area contributed by atoms with E-state index in [1.54, 1.807) is 7.05 Å². The lowest BCUT2D eigenvalue weighted by atomic mass is 10.1. The topological polar surface area (TPSA) is 79.0 Å². The van der Waals surface area contributed by atoms with Gasteiger partial charge < -0.3 is 10.1 Å². The molecule has 9 heteroatoms. The highest BCUT2D eigenvalue weighted by Gasteiger charge is 2.30. The monoisotopic (exact) mass is 329 g/mol. The number of halogens is 1. The molecule has 1 rings (SSSR count). The molecule has 1 aliphatic heterocycles. The second-order valence-corrected chi connectivity index (χ2v) is 6.75. The SMILES string of the molecule is COC(=O)CCN(C)S(=O)(=O)N(C)C1CCNCC1.Cl. The van der Waals surface area contributed by atoms with E-state index in [1.807, 2.05) is 0 Å². The molecule has 1 heterocycles. The van der Waals surface area contributed by atoms with Crippen LogP contribution in [0.2, 0.25) is 0 Å².